The topological polar surface area (TPSA) is 29.9 Å². The van der Waals surface area contributed by atoms with Crippen LogP contribution < -0.4 is 5.32 Å². The molecule has 1 aromatic heterocycles. The third-order valence-corrected chi connectivity index (χ3v) is 3.37. The van der Waals surface area contributed by atoms with Crippen LogP contribution in [0, 0.1) is 13.8 Å². The largest absolute Gasteiger partial charge is 0.379 e. The van der Waals surface area contributed by atoms with Gasteiger partial charge < -0.3 is 9.88 Å². The monoisotopic (exact) mass is 243 g/mol. The molecule has 0 radical (unpaired) electrons. The minimum Gasteiger partial charge on any atom is -0.379 e. The first-order valence-electron chi connectivity index (χ1n) is 6.40. The maximum absolute atomic E-state index is 4.22. The Morgan fingerprint density at radius 3 is 2.78 bits per heavy atom. The van der Waals surface area contributed by atoms with E-state index in [0.29, 0.717) is 6.04 Å². The van der Waals surface area contributed by atoms with Gasteiger partial charge in [-0.25, -0.2) is 4.98 Å². The molecule has 1 heterocycles. The van der Waals surface area contributed by atoms with Gasteiger partial charge in [-0.3, -0.25) is 0 Å². The molecule has 0 saturated heterocycles. The van der Waals surface area contributed by atoms with Crippen molar-refractivity contribution in [3.8, 4) is 0 Å². The summed E-state index contributed by atoms with van der Waals surface area (Å²) >= 11 is 0. The Labute approximate surface area is 109 Å². The Kier molecular flexibility index (Phi) is 3.70. The molecule has 0 fully saturated rings. The average molecular weight is 243 g/mol. The van der Waals surface area contributed by atoms with Crippen LogP contribution in [0.2, 0.25) is 0 Å². The van der Waals surface area contributed by atoms with Crippen LogP contribution in [-0.2, 0) is 6.54 Å². The highest BCUT2D eigenvalue weighted by Gasteiger charge is 2.06. The van der Waals surface area contributed by atoms with Crippen molar-refractivity contribution >= 4 is 5.69 Å². The van der Waals surface area contributed by atoms with E-state index in [9.17, 15) is 0 Å². The summed E-state index contributed by atoms with van der Waals surface area (Å²) < 4.78 is 2.19. The molecule has 0 amide bonds. The normalized spacial score (nSPS) is 10.9. The van der Waals surface area contributed by atoms with E-state index in [0.717, 1.165) is 6.54 Å². The van der Waals surface area contributed by atoms with Crippen LogP contribution in [0.15, 0.2) is 30.7 Å². The Balaban J connectivity index is 2.12. The fourth-order valence-electron chi connectivity index (χ4n) is 2.06. The van der Waals surface area contributed by atoms with Gasteiger partial charge in [0, 0.05) is 17.9 Å². The molecule has 0 aliphatic carbocycles. The van der Waals surface area contributed by atoms with Crippen molar-refractivity contribution in [2.45, 2.75) is 40.3 Å². The minimum absolute atomic E-state index is 0.447. The molecule has 0 saturated carbocycles. The standard InChI is InChI=1S/C15H21N3/c1-11(2)18-10-16-8-14(18)9-17-15-7-5-6-12(3)13(15)4/h5-8,10-11,17H,9H2,1-4H3. The zero-order valence-corrected chi connectivity index (χ0v) is 11.6. The van der Waals surface area contributed by atoms with Crippen molar-refractivity contribution < 1.29 is 0 Å². The fraction of sp³-hybridized carbons (Fsp3) is 0.400. The van der Waals surface area contributed by atoms with E-state index in [-0.39, 0.29) is 0 Å². The van der Waals surface area contributed by atoms with Gasteiger partial charge in [-0.05, 0) is 44.9 Å². The molecule has 0 unspecified atom stereocenters. The van der Waals surface area contributed by atoms with E-state index in [2.05, 4.69) is 60.8 Å². The Morgan fingerprint density at radius 1 is 1.28 bits per heavy atom. The lowest BCUT2D eigenvalue weighted by molar-refractivity contribution is 0.577. The number of anilines is 1. The molecule has 0 atom stereocenters. The van der Waals surface area contributed by atoms with Crippen molar-refractivity contribution in [2.24, 2.45) is 0 Å². The molecule has 0 aliphatic rings. The fourth-order valence-corrected chi connectivity index (χ4v) is 2.06. The molecule has 0 aliphatic heterocycles. The zero-order chi connectivity index (χ0) is 13.1. The molecule has 1 N–H and O–H groups in total. The van der Waals surface area contributed by atoms with Crippen molar-refractivity contribution in [1.29, 1.82) is 0 Å². The number of hydrogen-bond donors (Lipinski definition) is 1. The zero-order valence-electron chi connectivity index (χ0n) is 11.6. The smallest absolute Gasteiger partial charge is 0.0951 e. The van der Waals surface area contributed by atoms with Crippen molar-refractivity contribution in [3.63, 3.8) is 0 Å². The number of aryl methyl sites for hydroxylation is 1. The van der Waals surface area contributed by atoms with E-state index < -0.39 is 0 Å². The summed E-state index contributed by atoms with van der Waals surface area (Å²) in [4.78, 5) is 4.22. The summed E-state index contributed by atoms with van der Waals surface area (Å²) in [6.45, 7) is 9.44. The number of imidazole rings is 1. The second kappa shape index (κ2) is 5.25. The van der Waals surface area contributed by atoms with E-state index in [1.165, 1.54) is 22.5 Å². The van der Waals surface area contributed by atoms with Crippen LogP contribution in [0.4, 0.5) is 5.69 Å². The van der Waals surface area contributed by atoms with Gasteiger partial charge in [0.15, 0.2) is 0 Å². The Hall–Kier alpha value is -1.77. The summed E-state index contributed by atoms with van der Waals surface area (Å²) in [6, 6.07) is 6.80. The first-order chi connectivity index (χ1) is 8.59. The Morgan fingerprint density at radius 2 is 2.06 bits per heavy atom. The number of benzene rings is 1. The van der Waals surface area contributed by atoms with Gasteiger partial charge in [0.2, 0.25) is 0 Å². The highest BCUT2D eigenvalue weighted by Crippen LogP contribution is 2.19. The predicted molar refractivity (Wildman–Crippen MR) is 75.9 cm³/mol. The van der Waals surface area contributed by atoms with Gasteiger partial charge in [0.1, 0.15) is 0 Å². The van der Waals surface area contributed by atoms with E-state index in [4.69, 9.17) is 0 Å². The maximum atomic E-state index is 4.22. The average Bonchev–Trinajstić information content (AvgIpc) is 2.79. The van der Waals surface area contributed by atoms with Crippen molar-refractivity contribution in [1.82, 2.24) is 9.55 Å². The second-order valence-electron chi connectivity index (χ2n) is 4.99. The van der Waals surface area contributed by atoms with Crippen LogP contribution in [0.25, 0.3) is 0 Å². The summed E-state index contributed by atoms with van der Waals surface area (Å²) in [5.74, 6) is 0. The quantitative estimate of drug-likeness (QED) is 0.887. The molecule has 3 heteroatoms. The second-order valence-corrected chi connectivity index (χ2v) is 4.99. The van der Waals surface area contributed by atoms with Crippen LogP contribution >= 0.6 is 0 Å². The molecular formula is C15H21N3. The number of rotatable bonds is 4. The molecule has 2 rings (SSSR count). The van der Waals surface area contributed by atoms with Gasteiger partial charge in [0.25, 0.3) is 0 Å². The molecular weight excluding hydrogens is 222 g/mol. The summed E-state index contributed by atoms with van der Waals surface area (Å²) in [5.41, 5.74) is 5.04. The summed E-state index contributed by atoms with van der Waals surface area (Å²) in [5, 5.41) is 3.49. The molecule has 0 bridgehead atoms. The van der Waals surface area contributed by atoms with Crippen LogP contribution in [0.3, 0.4) is 0 Å². The lowest BCUT2D eigenvalue weighted by Crippen LogP contribution is -2.09. The van der Waals surface area contributed by atoms with E-state index in [1.807, 2.05) is 12.5 Å². The highest BCUT2D eigenvalue weighted by molar-refractivity contribution is 5.53. The van der Waals surface area contributed by atoms with E-state index >= 15 is 0 Å². The van der Waals surface area contributed by atoms with Crippen LogP contribution in [0.5, 0.6) is 0 Å². The number of hydrogen-bond acceptors (Lipinski definition) is 2. The lowest BCUT2D eigenvalue weighted by Gasteiger charge is -2.14. The molecule has 1 aromatic carbocycles. The SMILES string of the molecule is Cc1cccc(NCc2cncn2C(C)C)c1C. The molecule has 96 valence electrons. The summed E-state index contributed by atoms with van der Waals surface area (Å²) in [7, 11) is 0. The maximum Gasteiger partial charge on any atom is 0.0951 e. The van der Waals surface area contributed by atoms with Crippen LogP contribution in [0.1, 0.15) is 36.7 Å². The first kappa shape index (κ1) is 12.7. The third kappa shape index (κ3) is 2.55. The van der Waals surface area contributed by atoms with Gasteiger partial charge in [-0.2, -0.15) is 0 Å². The number of nitrogens with one attached hydrogen (secondary N) is 1. The van der Waals surface area contributed by atoms with Crippen molar-refractivity contribution in [3.05, 3.63) is 47.5 Å². The lowest BCUT2D eigenvalue weighted by atomic mass is 10.1. The molecule has 3 nitrogen and oxygen atoms in total. The van der Waals surface area contributed by atoms with E-state index in [1.54, 1.807) is 0 Å². The number of aromatic nitrogens is 2. The van der Waals surface area contributed by atoms with Gasteiger partial charge in [-0.15, -0.1) is 0 Å². The molecule has 2 aromatic rings. The van der Waals surface area contributed by atoms with Gasteiger partial charge >= 0.3 is 0 Å². The van der Waals surface area contributed by atoms with Gasteiger partial charge in [-0.1, -0.05) is 12.1 Å². The number of nitrogens with zero attached hydrogens (tertiary/aromatic N) is 2. The summed E-state index contributed by atoms with van der Waals surface area (Å²) in [6.07, 6.45) is 3.82. The van der Waals surface area contributed by atoms with Crippen molar-refractivity contribution in [2.75, 3.05) is 5.32 Å². The first-order valence-corrected chi connectivity index (χ1v) is 6.40. The van der Waals surface area contributed by atoms with Crippen LogP contribution in [-0.4, -0.2) is 9.55 Å². The third-order valence-electron chi connectivity index (χ3n) is 3.37. The Bertz CT molecular complexity index is 526. The molecule has 0 spiro atoms. The van der Waals surface area contributed by atoms with Gasteiger partial charge in [0.05, 0.1) is 18.6 Å². The highest BCUT2D eigenvalue weighted by atomic mass is 15.1. The molecule has 18 heavy (non-hydrogen) atoms. The minimum atomic E-state index is 0.447. The predicted octanol–water partition coefficient (Wildman–Crippen LogP) is 3.69.